The second-order valence-electron chi connectivity index (χ2n) is 4.37. The Morgan fingerprint density at radius 1 is 1.47 bits per heavy atom. The van der Waals surface area contributed by atoms with Gasteiger partial charge in [-0.05, 0) is 40.4 Å². The van der Waals surface area contributed by atoms with Crippen LogP contribution in [0.4, 0.5) is 0 Å². The summed E-state index contributed by atoms with van der Waals surface area (Å²) in [5.74, 6) is 0.563. The van der Waals surface area contributed by atoms with Crippen molar-refractivity contribution in [2.45, 2.75) is 25.3 Å². The van der Waals surface area contributed by atoms with Gasteiger partial charge in [-0.3, -0.25) is 0 Å². The molecule has 3 heteroatoms. The molecule has 15 heavy (non-hydrogen) atoms. The van der Waals surface area contributed by atoms with E-state index in [0.29, 0.717) is 12.0 Å². The quantitative estimate of drug-likeness (QED) is 0.817. The summed E-state index contributed by atoms with van der Waals surface area (Å²) in [4.78, 5) is 3.34. The van der Waals surface area contributed by atoms with E-state index >= 15 is 0 Å². The standard InChI is InChI=1S/C12H13BrN2/c1-6-2-3-7-9(8-4-10(8)14)5-15-12(7)11(6)13/h2-3,5,8,10,15H,4,14H2,1H3. The molecule has 1 aromatic heterocycles. The Kier molecular flexibility index (Phi) is 1.94. The molecule has 1 aliphatic rings. The van der Waals surface area contributed by atoms with Crippen LogP contribution in [-0.2, 0) is 0 Å². The van der Waals surface area contributed by atoms with E-state index in [-0.39, 0.29) is 0 Å². The number of nitrogens with one attached hydrogen (secondary N) is 1. The van der Waals surface area contributed by atoms with Gasteiger partial charge in [0.2, 0.25) is 0 Å². The van der Waals surface area contributed by atoms with Gasteiger partial charge in [0.1, 0.15) is 0 Å². The number of aromatic nitrogens is 1. The Bertz CT molecular complexity index is 530. The zero-order valence-corrected chi connectivity index (χ0v) is 10.1. The molecule has 2 unspecified atom stereocenters. The first-order chi connectivity index (χ1) is 7.18. The van der Waals surface area contributed by atoms with Crippen molar-refractivity contribution in [3.8, 4) is 0 Å². The van der Waals surface area contributed by atoms with E-state index in [2.05, 4.69) is 46.2 Å². The molecule has 1 heterocycles. The van der Waals surface area contributed by atoms with Gasteiger partial charge in [-0.2, -0.15) is 0 Å². The summed E-state index contributed by atoms with van der Waals surface area (Å²) in [5, 5.41) is 1.31. The Morgan fingerprint density at radius 3 is 2.87 bits per heavy atom. The minimum absolute atomic E-state index is 0.365. The summed E-state index contributed by atoms with van der Waals surface area (Å²) >= 11 is 3.62. The molecule has 3 rings (SSSR count). The van der Waals surface area contributed by atoms with Crippen molar-refractivity contribution in [2.24, 2.45) is 5.73 Å². The number of rotatable bonds is 1. The molecule has 1 aliphatic carbocycles. The van der Waals surface area contributed by atoms with Crippen LogP contribution in [0.3, 0.4) is 0 Å². The Balaban J connectivity index is 2.23. The van der Waals surface area contributed by atoms with Crippen LogP contribution in [0.25, 0.3) is 10.9 Å². The third-order valence-electron chi connectivity index (χ3n) is 3.26. The topological polar surface area (TPSA) is 41.8 Å². The lowest BCUT2D eigenvalue weighted by molar-refractivity contribution is 0.997. The average molecular weight is 265 g/mol. The first-order valence-corrected chi connectivity index (χ1v) is 5.99. The summed E-state index contributed by atoms with van der Waals surface area (Å²) in [6, 6.07) is 4.70. The Hall–Kier alpha value is -0.800. The number of aromatic amines is 1. The van der Waals surface area contributed by atoms with Gasteiger partial charge in [0.15, 0.2) is 0 Å². The fraction of sp³-hybridized carbons (Fsp3) is 0.333. The van der Waals surface area contributed by atoms with Crippen LogP contribution >= 0.6 is 15.9 Å². The third-order valence-corrected chi connectivity index (χ3v) is 4.28. The van der Waals surface area contributed by atoms with Crippen molar-refractivity contribution in [3.05, 3.63) is 33.9 Å². The molecule has 1 fully saturated rings. The molecule has 0 bridgehead atoms. The summed E-state index contributed by atoms with van der Waals surface area (Å²) in [6.07, 6.45) is 3.23. The van der Waals surface area contributed by atoms with Crippen LogP contribution in [0.5, 0.6) is 0 Å². The van der Waals surface area contributed by atoms with Crippen molar-refractivity contribution >= 4 is 26.8 Å². The number of halogens is 1. The highest BCUT2D eigenvalue weighted by Crippen LogP contribution is 2.43. The van der Waals surface area contributed by atoms with Crippen molar-refractivity contribution in [2.75, 3.05) is 0 Å². The van der Waals surface area contributed by atoms with E-state index in [1.54, 1.807) is 0 Å². The van der Waals surface area contributed by atoms with Gasteiger partial charge in [0.25, 0.3) is 0 Å². The zero-order valence-electron chi connectivity index (χ0n) is 8.55. The molecule has 3 N–H and O–H groups in total. The Morgan fingerprint density at radius 2 is 2.20 bits per heavy atom. The van der Waals surface area contributed by atoms with E-state index in [4.69, 9.17) is 5.73 Å². The van der Waals surface area contributed by atoms with Crippen molar-refractivity contribution in [1.29, 1.82) is 0 Å². The largest absolute Gasteiger partial charge is 0.360 e. The Labute approximate surface area is 97.0 Å². The van der Waals surface area contributed by atoms with Crippen molar-refractivity contribution in [1.82, 2.24) is 4.98 Å². The smallest absolute Gasteiger partial charge is 0.0604 e. The normalized spacial score (nSPS) is 24.7. The molecule has 0 radical (unpaired) electrons. The predicted octanol–water partition coefficient (Wildman–Crippen LogP) is 3.05. The molecule has 0 spiro atoms. The highest BCUT2D eigenvalue weighted by Gasteiger charge is 2.36. The first-order valence-electron chi connectivity index (χ1n) is 5.20. The lowest BCUT2D eigenvalue weighted by Crippen LogP contribution is -2.00. The minimum Gasteiger partial charge on any atom is -0.360 e. The summed E-state index contributed by atoms with van der Waals surface area (Å²) in [7, 11) is 0. The fourth-order valence-corrected chi connectivity index (χ4v) is 2.63. The van der Waals surface area contributed by atoms with Crippen LogP contribution in [0.1, 0.15) is 23.5 Å². The molecule has 2 nitrogen and oxygen atoms in total. The van der Waals surface area contributed by atoms with Crippen LogP contribution in [0.15, 0.2) is 22.8 Å². The van der Waals surface area contributed by atoms with Crippen LogP contribution in [0, 0.1) is 6.92 Å². The molecule has 0 amide bonds. The van der Waals surface area contributed by atoms with E-state index in [0.717, 1.165) is 6.42 Å². The van der Waals surface area contributed by atoms with Gasteiger partial charge in [0.05, 0.1) is 5.52 Å². The molecule has 2 aromatic rings. The second-order valence-corrected chi connectivity index (χ2v) is 5.16. The molecule has 0 aliphatic heterocycles. The van der Waals surface area contributed by atoms with Gasteiger partial charge in [-0.1, -0.05) is 12.1 Å². The van der Waals surface area contributed by atoms with Gasteiger partial charge in [0, 0.05) is 28.0 Å². The number of aryl methyl sites for hydroxylation is 1. The van der Waals surface area contributed by atoms with Crippen LogP contribution in [0.2, 0.25) is 0 Å². The molecular formula is C12H13BrN2. The van der Waals surface area contributed by atoms with Crippen LogP contribution in [-0.4, -0.2) is 11.0 Å². The first kappa shape index (κ1) is 9.43. The number of benzene rings is 1. The predicted molar refractivity (Wildman–Crippen MR) is 66.1 cm³/mol. The molecule has 1 saturated carbocycles. The zero-order chi connectivity index (χ0) is 10.6. The maximum Gasteiger partial charge on any atom is 0.0604 e. The minimum atomic E-state index is 0.365. The molecular weight excluding hydrogens is 252 g/mol. The van der Waals surface area contributed by atoms with Gasteiger partial charge < -0.3 is 10.7 Å². The number of fused-ring (bicyclic) bond motifs is 1. The number of nitrogens with two attached hydrogens (primary N) is 1. The molecule has 0 saturated heterocycles. The summed E-state index contributed by atoms with van der Waals surface area (Å²) < 4.78 is 1.17. The van der Waals surface area contributed by atoms with E-state index in [1.165, 1.54) is 26.5 Å². The summed E-state index contributed by atoms with van der Waals surface area (Å²) in [6.45, 7) is 2.10. The number of hydrogen-bond acceptors (Lipinski definition) is 1. The van der Waals surface area contributed by atoms with E-state index in [9.17, 15) is 0 Å². The molecule has 78 valence electrons. The fourth-order valence-electron chi connectivity index (χ4n) is 2.17. The monoisotopic (exact) mass is 264 g/mol. The van der Waals surface area contributed by atoms with Gasteiger partial charge in [-0.15, -0.1) is 0 Å². The number of H-pyrrole nitrogens is 1. The molecule has 2 atom stereocenters. The lowest BCUT2D eigenvalue weighted by atomic mass is 10.1. The third kappa shape index (κ3) is 1.34. The van der Waals surface area contributed by atoms with Gasteiger partial charge in [-0.25, -0.2) is 0 Å². The molecule has 1 aromatic carbocycles. The maximum absolute atomic E-state index is 5.89. The summed E-state index contributed by atoms with van der Waals surface area (Å²) in [5.41, 5.74) is 9.72. The van der Waals surface area contributed by atoms with Crippen molar-refractivity contribution in [3.63, 3.8) is 0 Å². The van der Waals surface area contributed by atoms with Crippen LogP contribution < -0.4 is 5.73 Å². The maximum atomic E-state index is 5.89. The second kappa shape index (κ2) is 3.09. The van der Waals surface area contributed by atoms with Crippen molar-refractivity contribution < 1.29 is 0 Å². The highest BCUT2D eigenvalue weighted by atomic mass is 79.9. The highest BCUT2D eigenvalue weighted by molar-refractivity contribution is 9.10. The lowest BCUT2D eigenvalue weighted by Gasteiger charge is -2.00. The van der Waals surface area contributed by atoms with E-state index in [1.807, 2.05) is 0 Å². The number of hydrogen-bond donors (Lipinski definition) is 2. The average Bonchev–Trinajstić information content (AvgIpc) is 2.79. The van der Waals surface area contributed by atoms with E-state index < -0.39 is 0 Å². The SMILES string of the molecule is Cc1ccc2c(C3CC3N)c[nH]c2c1Br. The van der Waals surface area contributed by atoms with Gasteiger partial charge >= 0.3 is 0 Å².